The Bertz CT molecular complexity index is 123. The second-order valence-electron chi connectivity index (χ2n) is 4.38. The summed E-state index contributed by atoms with van der Waals surface area (Å²) in [6.45, 7) is 9.67. The Morgan fingerprint density at radius 1 is 0.857 bits per heavy atom. The molecule has 3 heteroatoms. The Morgan fingerprint density at radius 3 is 1.43 bits per heavy atom. The Kier molecular flexibility index (Phi) is 7.15. The summed E-state index contributed by atoms with van der Waals surface area (Å²) < 4.78 is 11.2. The average Bonchev–Trinajstić information content (AvgIpc) is 2.02. The van der Waals surface area contributed by atoms with Gasteiger partial charge in [-0.25, -0.2) is 0 Å². The van der Waals surface area contributed by atoms with Crippen LogP contribution in [0.25, 0.3) is 0 Å². The van der Waals surface area contributed by atoms with Gasteiger partial charge in [0.15, 0.2) is 0 Å². The SMILES string of the molecule is CC(C)OCC(COC(C)C)N(C)C. The molecule has 3 nitrogen and oxygen atoms in total. The lowest BCUT2D eigenvalue weighted by Gasteiger charge is -2.25. The molecule has 0 amide bonds. The smallest absolute Gasteiger partial charge is 0.0647 e. The molecule has 0 atom stereocenters. The molecule has 0 fully saturated rings. The second kappa shape index (κ2) is 7.21. The molecule has 0 rings (SSSR count). The molecule has 0 aliphatic carbocycles. The lowest BCUT2D eigenvalue weighted by Crippen LogP contribution is -2.38. The van der Waals surface area contributed by atoms with Gasteiger partial charge in [-0.3, -0.25) is 0 Å². The van der Waals surface area contributed by atoms with Crippen molar-refractivity contribution in [1.29, 1.82) is 0 Å². The van der Waals surface area contributed by atoms with Crippen LogP contribution in [-0.2, 0) is 9.47 Å². The molecule has 0 saturated heterocycles. The number of hydrogen-bond acceptors (Lipinski definition) is 3. The summed E-state index contributed by atoms with van der Waals surface area (Å²) in [5, 5.41) is 0. The molecule has 0 aromatic heterocycles. The van der Waals surface area contributed by atoms with Crippen LogP contribution in [0.5, 0.6) is 0 Å². The minimum Gasteiger partial charge on any atom is -0.377 e. The molecule has 0 aliphatic heterocycles. The zero-order valence-corrected chi connectivity index (χ0v) is 10.4. The summed E-state index contributed by atoms with van der Waals surface area (Å²) in [6.07, 6.45) is 0.577. The van der Waals surface area contributed by atoms with Gasteiger partial charge >= 0.3 is 0 Å². The quantitative estimate of drug-likeness (QED) is 0.629. The highest BCUT2D eigenvalue weighted by Gasteiger charge is 2.13. The first-order chi connectivity index (χ1) is 6.43. The van der Waals surface area contributed by atoms with Gasteiger partial charge in [0.25, 0.3) is 0 Å². The summed E-state index contributed by atoms with van der Waals surface area (Å²) in [4.78, 5) is 2.14. The molecule has 0 aliphatic rings. The van der Waals surface area contributed by atoms with Crippen molar-refractivity contribution >= 4 is 0 Å². The molecule has 0 N–H and O–H groups in total. The van der Waals surface area contributed by atoms with E-state index in [9.17, 15) is 0 Å². The van der Waals surface area contributed by atoms with Crippen molar-refractivity contribution in [2.75, 3.05) is 27.3 Å². The van der Waals surface area contributed by atoms with Crippen LogP contribution < -0.4 is 0 Å². The van der Waals surface area contributed by atoms with Crippen LogP contribution in [0.3, 0.4) is 0 Å². The van der Waals surface area contributed by atoms with Gasteiger partial charge in [0.05, 0.1) is 31.5 Å². The fourth-order valence-corrected chi connectivity index (χ4v) is 0.953. The molecule has 0 radical (unpaired) electrons. The molecule has 0 aromatic rings. The standard InChI is InChI=1S/C11H25NO2/c1-9(2)13-7-11(12(5)6)8-14-10(3)4/h9-11H,7-8H2,1-6H3. The van der Waals surface area contributed by atoms with Crippen molar-refractivity contribution < 1.29 is 9.47 Å². The van der Waals surface area contributed by atoms with Gasteiger partial charge in [-0.2, -0.15) is 0 Å². The fraction of sp³-hybridized carbons (Fsp3) is 1.00. The zero-order valence-electron chi connectivity index (χ0n) is 10.4. The monoisotopic (exact) mass is 203 g/mol. The third-order valence-electron chi connectivity index (χ3n) is 1.97. The highest BCUT2D eigenvalue weighted by molar-refractivity contribution is 4.65. The summed E-state index contributed by atoms with van der Waals surface area (Å²) in [5.74, 6) is 0. The molecular weight excluding hydrogens is 178 g/mol. The third-order valence-corrected chi connectivity index (χ3v) is 1.97. The molecule has 0 heterocycles. The number of rotatable bonds is 7. The van der Waals surface area contributed by atoms with Crippen LogP contribution in [0.15, 0.2) is 0 Å². The van der Waals surface area contributed by atoms with Crippen molar-refractivity contribution in [3.63, 3.8) is 0 Å². The Balaban J connectivity index is 3.78. The molecular formula is C11H25NO2. The highest BCUT2D eigenvalue weighted by Crippen LogP contribution is 2.00. The molecule has 14 heavy (non-hydrogen) atoms. The third kappa shape index (κ3) is 7.30. The van der Waals surface area contributed by atoms with E-state index in [1.807, 2.05) is 0 Å². The Hall–Kier alpha value is -0.120. The van der Waals surface area contributed by atoms with Crippen molar-refractivity contribution in [1.82, 2.24) is 4.90 Å². The number of ether oxygens (including phenoxy) is 2. The van der Waals surface area contributed by atoms with Crippen LogP contribution in [0.2, 0.25) is 0 Å². The Morgan fingerprint density at radius 2 is 1.21 bits per heavy atom. The largest absolute Gasteiger partial charge is 0.377 e. The number of hydrogen-bond donors (Lipinski definition) is 0. The maximum absolute atomic E-state index is 5.58. The number of likely N-dealkylation sites (N-methyl/N-ethyl adjacent to an activating group) is 1. The van der Waals surface area contributed by atoms with E-state index in [1.54, 1.807) is 0 Å². The van der Waals surface area contributed by atoms with E-state index >= 15 is 0 Å². The van der Waals surface area contributed by atoms with Gasteiger partial charge in [-0.15, -0.1) is 0 Å². The van der Waals surface area contributed by atoms with Gasteiger partial charge < -0.3 is 14.4 Å². The van der Waals surface area contributed by atoms with E-state index in [1.165, 1.54) is 0 Å². The minimum absolute atomic E-state index is 0.288. The minimum atomic E-state index is 0.288. The van der Waals surface area contributed by atoms with Crippen LogP contribution in [0.1, 0.15) is 27.7 Å². The highest BCUT2D eigenvalue weighted by atomic mass is 16.5. The molecule has 86 valence electrons. The lowest BCUT2D eigenvalue weighted by atomic mass is 10.3. The van der Waals surface area contributed by atoms with Crippen molar-refractivity contribution in [2.24, 2.45) is 0 Å². The number of nitrogens with zero attached hydrogens (tertiary/aromatic N) is 1. The lowest BCUT2D eigenvalue weighted by molar-refractivity contribution is -0.0151. The molecule has 0 spiro atoms. The van der Waals surface area contributed by atoms with Crippen molar-refractivity contribution in [3.8, 4) is 0 Å². The van der Waals surface area contributed by atoms with Crippen molar-refractivity contribution in [2.45, 2.75) is 45.9 Å². The van der Waals surface area contributed by atoms with Crippen LogP contribution in [0.4, 0.5) is 0 Å². The van der Waals surface area contributed by atoms with E-state index in [0.717, 1.165) is 13.2 Å². The van der Waals surface area contributed by atoms with Gasteiger partial charge in [0, 0.05) is 0 Å². The summed E-state index contributed by atoms with van der Waals surface area (Å²) in [7, 11) is 4.11. The zero-order chi connectivity index (χ0) is 11.1. The van der Waals surface area contributed by atoms with E-state index in [0.29, 0.717) is 6.04 Å². The van der Waals surface area contributed by atoms with Gasteiger partial charge in [0.1, 0.15) is 0 Å². The summed E-state index contributed by atoms with van der Waals surface area (Å²) >= 11 is 0. The molecule has 0 bridgehead atoms. The molecule has 0 aromatic carbocycles. The first-order valence-electron chi connectivity index (χ1n) is 5.33. The maximum atomic E-state index is 5.58. The fourth-order valence-electron chi connectivity index (χ4n) is 0.953. The van der Waals surface area contributed by atoms with Crippen LogP contribution in [-0.4, -0.2) is 50.5 Å². The van der Waals surface area contributed by atoms with Crippen LogP contribution >= 0.6 is 0 Å². The normalized spacial score (nSPS) is 12.4. The Labute approximate surface area is 88.4 Å². The first kappa shape index (κ1) is 13.9. The van der Waals surface area contributed by atoms with E-state index in [-0.39, 0.29) is 12.2 Å². The average molecular weight is 203 g/mol. The van der Waals surface area contributed by atoms with Crippen LogP contribution in [0, 0.1) is 0 Å². The molecule has 0 saturated carbocycles. The van der Waals surface area contributed by atoms with Crippen molar-refractivity contribution in [3.05, 3.63) is 0 Å². The predicted molar refractivity (Wildman–Crippen MR) is 59.7 cm³/mol. The first-order valence-corrected chi connectivity index (χ1v) is 5.33. The topological polar surface area (TPSA) is 21.7 Å². The van der Waals surface area contributed by atoms with Gasteiger partial charge in [0.2, 0.25) is 0 Å². The summed E-state index contributed by atoms with van der Waals surface area (Å²) in [5.41, 5.74) is 0. The maximum Gasteiger partial charge on any atom is 0.0647 e. The van der Waals surface area contributed by atoms with Gasteiger partial charge in [-0.1, -0.05) is 0 Å². The van der Waals surface area contributed by atoms with E-state index in [2.05, 4.69) is 46.7 Å². The second-order valence-corrected chi connectivity index (χ2v) is 4.38. The summed E-state index contributed by atoms with van der Waals surface area (Å²) in [6, 6.07) is 0.347. The molecule has 0 unspecified atom stereocenters. The van der Waals surface area contributed by atoms with Gasteiger partial charge in [-0.05, 0) is 41.8 Å². The predicted octanol–water partition coefficient (Wildman–Crippen LogP) is 1.77. The van der Waals surface area contributed by atoms with E-state index in [4.69, 9.17) is 9.47 Å². The van der Waals surface area contributed by atoms with E-state index < -0.39 is 0 Å².